The van der Waals surface area contributed by atoms with Crippen molar-refractivity contribution in [2.24, 2.45) is 0 Å². The molecule has 1 unspecified atom stereocenters. The van der Waals surface area contributed by atoms with Gasteiger partial charge < -0.3 is 15.5 Å². The number of aromatic carboxylic acids is 1. The van der Waals surface area contributed by atoms with Crippen LogP contribution in [-0.4, -0.2) is 37.8 Å². The summed E-state index contributed by atoms with van der Waals surface area (Å²) in [6, 6.07) is 12.5. The molecule has 0 aromatic heterocycles. The third-order valence-electron chi connectivity index (χ3n) is 3.81. The molecule has 0 aliphatic heterocycles. The highest BCUT2D eigenvalue weighted by Crippen LogP contribution is 2.22. The minimum Gasteiger partial charge on any atom is -0.478 e. The SMILES string of the molecule is CC(NS(=O)(=O)c1ccc(NCCCO)c(C(=O)O)c1)c1ccccc1. The highest BCUT2D eigenvalue weighted by atomic mass is 32.2. The van der Waals surface area contributed by atoms with Gasteiger partial charge in [0.15, 0.2) is 0 Å². The lowest BCUT2D eigenvalue weighted by Gasteiger charge is -2.16. The molecule has 2 aromatic rings. The second-order valence-corrected chi connectivity index (χ2v) is 7.48. The van der Waals surface area contributed by atoms with E-state index in [9.17, 15) is 18.3 Å². The monoisotopic (exact) mass is 378 g/mol. The Morgan fingerprint density at radius 3 is 2.46 bits per heavy atom. The Morgan fingerprint density at radius 1 is 1.15 bits per heavy atom. The predicted octanol–water partition coefficient (Wildman–Crippen LogP) is 2.22. The first-order valence-corrected chi connectivity index (χ1v) is 9.63. The Labute approximate surface area is 152 Å². The van der Waals surface area contributed by atoms with Crippen LogP contribution in [0, 0.1) is 0 Å². The van der Waals surface area contributed by atoms with Crippen molar-refractivity contribution in [2.75, 3.05) is 18.5 Å². The first-order valence-electron chi connectivity index (χ1n) is 8.14. The van der Waals surface area contributed by atoms with Crippen molar-refractivity contribution in [3.63, 3.8) is 0 Å². The number of anilines is 1. The molecule has 2 rings (SSSR count). The van der Waals surface area contributed by atoms with E-state index in [0.29, 0.717) is 18.7 Å². The molecular formula is C18H22N2O5S. The van der Waals surface area contributed by atoms with Crippen molar-refractivity contribution in [2.45, 2.75) is 24.3 Å². The minimum absolute atomic E-state index is 0.0246. The number of carboxylic acid groups (broad SMARTS) is 1. The molecule has 0 saturated carbocycles. The standard InChI is InChI=1S/C18H22N2O5S/c1-13(14-6-3-2-4-7-14)20-26(24,25)15-8-9-17(19-10-5-11-21)16(12-15)18(22)23/h2-4,6-9,12-13,19-21H,5,10-11H2,1H3,(H,22,23). The fourth-order valence-electron chi connectivity index (χ4n) is 2.43. The van der Waals surface area contributed by atoms with Gasteiger partial charge >= 0.3 is 5.97 Å². The Bertz CT molecular complexity index is 853. The van der Waals surface area contributed by atoms with Gasteiger partial charge in [0.1, 0.15) is 0 Å². The average Bonchev–Trinajstić information content (AvgIpc) is 2.62. The summed E-state index contributed by atoms with van der Waals surface area (Å²) in [5.41, 5.74) is 0.969. The molecule has 0 heterocycles. The van der Waals surface area contributed by atoms with Crippen molar-refractivity contribution in [3.8, 4) is 0 Å². The lowest BCUT2D eigenvalue weighted by Crippen LogP contribution is -2.27. The largest absolute Gasteiger partial charge is 0.478 e. The summed E-state index contributed by atoms with van der Waals surface area (Å²) in [7, 11) is -3.89. The normalized spacial score (nSPS) is 12.5. The maximum absolute atomic E-state index is 12.6. The predicted molar refractivity (Wildman–Crippen MR) is 98.8 cm³/mol. The van der Waals surface area contributed by atoms with Gasteiger partial charge in [0.05, 0.1) is 10.5 Å². The van der Waals surface area contributed by atoms with E-state index >= 15 is 0 Å². The third kappa shape index (κ3) is 5.04. The number of aliphatic hydroxyl groups is 1. The lowest BCUT2D eigenvalue weighted by molar-refractivity contribution is 0.0697. The van der Waals surface area contributed by atoms with Gasteiger partial charge in [-0.25, -0.2) is 17.9 Å². The second kappa shape index (κ2) is 8.79. The first kappa shape index (κ1) is 19.9. The summed E-state index contributed by atoms with van der Waals surface area (Å²) in [4.78, 5) is 11.4. The maximum atomic E-state index is 12.6. The van der Waals surface area contributed by atoms with Crippen molar-refractivity contribution >= 4 is 21.7 Å². The first-order chi connectivity index (χ1) is 12.3. The second-order valence-electron chi connectivity index (χ2n) is 5.77. The molecule has 0 aliphatic carbocycles. The van der Waals surface area contributed by atoms with E-state index in [-0.39, 0.29) is 17.1 Å². The molecule has 1 atom stereocenters. The Hall–Kier alpha value is -2.42. The minimum atomic E-state index is -3.89. The van der Waals surface area contributed by atoms with E-state index in [1.807, 2.05) is 30.3 Å². The number of hydrogen-bond donors (Lipinski definition) is 4. The average molecular weight is 378 g/mol. The van der Waals surface area contributed by atoms with E-state index in [2.05, 4.69) is 10.0 Å². The molecule has 7 nitrogen and oxygen atoms in total. The fourth-order valence-corrected chi connectivity index (χ4v) is 3.69. The van der Waals surface area contributed by atoms with Crippen LogP contribution in [0.5, 0.6) is 0 Å². The fraction of sp³-hybridized carbons (Fsp3) is 0.278. The van der Waals surface area contributed by atoms with Crippen LogP contribution in [0.3, 0.4) is 0 Å². The summed E-state index contributed by atoms with van der Waals surface area (Å²) in [6.07, 6.45) is 0.454. The quantitative estimate of drug-likeness (QED) is 0.497. The van der Waals surface area contributed by atoms with Gasteiger partial charge in [-0.1, -0.05) is 30.3 Å². The van der Waals surface area contributed by atoms with Crippen molar-refractivity contribution < 1.29 is 23.4 Å². The molecule has 0 saturated heterocycles. The van der Waals surface area contributed by atoms with Crippen molar-refractivity contribution in [1.82, 2.24) is 4.72 Å². The Balaban J connectivity index is 2.25. The number of sulfonamides is 1. The van der Waals surface area contributed by atoms with Crippen LogP contribution in [0.4, 0.5) is 5.69 Å². The van der Waals surface area contributed by atoms with Gasteiger partial charge in [-0.2, -0.15) is 0 Å². The van der Waals surface area contributed by atoms with Gasteiger partial charge in [0.25, 0.3) is 0 Å². The van der Waals surface area contributed by atoms with Crippen LogP contribution in [0.15, 0.2) is 53.4 Å². The van der Waals surface area contributed by atoms with Crippen molar-refractivity contribution in [3.05, 3.63) is 59.7 Å². The summed E-state index contributed by atoms with van der Waals surface area (Å²) in [5.74, 6) is -1.23. The molecule has 0 radical (unpaired) electrons. The highest BCUT2D eigenvalue weighted by molar-refractivity contribution is 7.89. The van der Waals surface area contributed by atoms with Crippen LogP contribution >= 0.6 is 0 Å². The summed E-state index contributed by atoms with van der Waals surface area (Å²) in [6.45, 7) is 2.07. The van der Waals surface area contributed by atoms with E-state index < -0.39 is 22.0 Å². The van der Waals surface area contributed by atoms with Gasteiger partial charge in [0, 0.05) is 24.9 Å². The molecule has 2 aromatic carbocycles. The molecule has 0 fully saturated rings. The zero-order valence-corrected chi connectivity index (χ0v) is 15.2. The molecule has 4 N–H and O–H groups in total. The number of aliphatic hydroxyl groups excluding tert-OH is 1. The van der Waals surface area contributed by atoms with Crippen LogP contribution in [-0.2, 0) is 10.0 Å². The molecule has 140 valence electrons. The maximum Gasteiger partial charge on any atom is 0.337 e. The van der Waals surface area contributed by atoms with Crippen molar-refractivity contribution in [1.29, 1.82) is 0 Å². The number of nitrogens with one attached hydrogen (secondary N) is 2. The van der Waals surface area contributed by atoms with Gasteiger partial charge in [0.2, 0.25) is 10.0 Å². The van der Waals surface area contributed by atoms with Crippen LogP contribution < -0.4 is 10.0 Å². The van der Waals surface area contributed by atoms with E-state index in [4.69, 9.17) is 5.11 Å². The number of carbonyl (C=O) groups is 1. The molecule has 0 amide bonds. The topological polar surface area (TPSA) is 116 Å². The number of carboxylic acids is 1. The number of hydrogen-bond acceptors (Lipinski definition) is 5. The number of rotatable bonds is 9. The lowest BCUT2D eigenvalue weighted by atomic mass is 10.1. The molecule has 0 bridgehead atoms. The Kier molecular flexibility index (Phi) is 6.73. The molecular weight excluding hydrogens is 356 g/mol. The highest BCUT2D eigenvalue weighted by Gasteiger charge is 2.21. The van der Waals surface area contributed by atoms with Gasteiger partial charge in [-0.15, -0.1) is 0 Å². The van der Waals surface area contributed by atoms with E-state index in [0.717, 1.165) is 11.6 Å². The van der Waals surface area contributed by atoms with Crippen LogP contribution in [0.2, 0.25) is 0 Å². The molecule has 8 heteroatoms. The van der Waals surface area contributed by atoms with E-state index in [1.54, 1.807) is 6.92 Å². The molecule has 0 aliphatic rings. The van der Waals surface area contributed by atoms with Crippen LogP contribution in [0.1, 0.15) is 35.3 Å². The van der Waals surface area contributed by atoms with Gasteiger partial charge in [-0.3, -0.25) is 0 Å². The van der Waals surface area contributed by atoms with Gasteiger partial charge in [-0.05, 0) is 37.1 Å². The Morgan fingerprint density at radius 2 is 1.85 bits per heavy atom. The smallest absolute Gasteiger partial charge is 0.337 e. The third-order valence-corrected chi connectivity index (χ3v) is 5.35. The number of benzene rings is 2. The summed E-state index contributed by atoms with van der Waals surface area (Å²) < 4.78 is 27.8. The van der Waals surface area contributed by atoms with Crippen LogP contribution in [0.25, 0.3) is 0 Å². The molecule has 0 spiro atoms. The zero-order chi connectivity index (χ0) is 19.2. The zero-order valence-electron chi connectivity index (χ0n) is 14.3. The summed E-state index contributed by atoms with van der Waals surface area (Å²) in [5, 5.41) is 21.1. The summed E-state index contributed by atoms with van der Waals surface area (Å²) >= 11 is 0. The molecule has 26 heavy (non-hydrogen) atoms. The van der Waals surface area contributed by atoms with E-state index in [1.165, 1.54) is 12.1 Å².